The van der Waals surface area contributed by atoms with Crippen molar-refractivity contribution in [3.05, 3.63) is 48.5 Å². The molecule has 0 unspecified atom stereocenters. The summed E-state index contributed by atoms with van der Waals surface area (Å²) in [4.78, 5) is 19.9. The van der Waals surface area contributed by atoms with E-state index in [0.717, 1.165) is 59.5 Å². The van der Waals surface area contributed by atoms with Crippen LogP contribution in [-0.2, 0) is 0 Å². The number of rotatable bonds is 12. The zero-order valence-electron chi connectivity index (χ0n) is 23.4. The number of aromatic nitrogens is 4. The van der Waals surface area contributed by atoms with Crippen LogP contribution in [0.4, 0.5) is 0 Å². The zero-order valence-corrected chi connectivity index (χ0v) is 23.4. The molecule has 2 heterocycles. The van der Waals surface area contributed by atoms with Gasteiger partial charge in [-0.3, -0.25) is 0 Å². The topological polar surface area (TPSA) is 123 Å². The standard InChI is InChI=1S/C30H36N6O4/c1-35(2)11-5-13-39-19-7-9-23-25(15-19)33-29(31-23)21-17-28(38)22(18-27(21)37)30-32-24-10-8-20(16-26(24)34-30)40-14-6-12-36(3)4/h7-10,15-18,37-38H,5-6,11-14H2,1-4H3,(H,31,33)(H,32,34). The highest BCUT2D eigenvalue weighted by Gasteiger charge is 2.18. The number of aromatic hydroxyl groups is 2. The lowest BCUT2D eigenvalue weighted by atomic mass is 10.1. The number of nitrogens with one attached hydrogen (secondary N) is 2. The summed E-state index contributed by atoms with van der Waals surface area (Å²) in [5.41, 5.74) is 3.79. The summed E-state index contributed by atoms with van der Waals surface area (Å²) in [5, 5.41) is 21.8. The molecular weight excluding hydrogens is 508 g/mol. The molecule has 0 saturated heterocycles. The van der Waals surface area contributed by atoms with Gasteiger partial charge in [-0.2, -0.15) is 0 Å². The summed E-state index contributed by atoms with van der Waals surface area (Å²) >= 11 is 0. The number of ether oxygens (including phenoxy) is 2. The van der Waals surface area contributed by atoms with Crippen molar-refractivity contribution in [2.75, 3.05) is 54.5 Å². The molecule has 5 aromatic rings. The van der Waals surface area contributed by atoms with Gasteiger partial charge >= 0.3 is 0 Å². The molecule has 2 aromatic heterocycles. The molecule has 10 heteroatoms. The first-order valence-corrected chi connectivity index (χ1v) is 13.4. The van der Waals surface area contributed by atoms with E-state index in [0.29, 0.717) is 36.0 Å². The number of imidazole rings is 2. The third kappa shape index (κ3) is 6.30. The van der Waals surface area contributed by atoms with Crippen molar-refractivity contribution in [1.29, 1.82) is 0 Å². The van der Waals surface area contributed by atoms with E-state index in [-0.39, 0.29) is 11.5 Å². The van der Waals surface area contributed by atoms with Crippen molar-refractivity contribution >= 4 is 22.1 Å². The van der Waals surface area contributed by atoms with Crippen LogP contribution in [0.2, 0.25) is 0 Å². The predicted molar refractivity (Wildman–Crippen MR) is 157 cm³/mol. The van der Waals surface area contributed by atoms with Crippen LogP contribution in [-0.4, -0.2) is 94.4 Å². The molecule has 4 N–H and O–H groups in total. The molecule has 0 radical (unpaired) electrons. The van der Waals surface area contributed by atoms with Gasteiger partial charge in [0, 0.05) is 25.2 Å². The lowest BCUT2D eigenvalue weighted by Gasteiger charge is -2.10. The number of aromatic amines is 2. The maximum absolute atomic E-state index is 10.9. The predicted octanol–water partition coefficient (Wildman–Crippen LogP) is 4.85. The molecule has 0 aliphatic rings. The highest BCUT2D eigenvalue weighted by molar-refractivity contribution is 5.86. The first-order chi connectivity index (χ1) is 19.3. The van der Waals surface area contributed by atoms with Crippen LogP contribution in [0.15, 0.2) is 48.5 Å². The van der Waals surface area contributed by atoms with Gasteiger partial charge in [-0.15, -0.1) is 0 Å². The maximum Gasteiger partial charge on any atom is 0.142 e. The van der Waals surface area contributed by atoms with Gasteiger partial charge < -0.3 is 39.5 Å². The fourth-order valence-electron chi connectivity index (χ4n) is 4.51. The molecule has 210 valence electrons. The van der Waals surface area contributed by atoms with Gasteiger partial charge in [-0.05, 0) is 77.4 Å². The fourth-order valence-corrected chi connectivity index (χ4v) is 4.51. The van der Waals surface area contributed by atoms with Crippen molar-refractivity contribution in [3.8, 4) is 45.8 Å². The number of nitrogens with zero attached hydrogens (tertiary/aromatic N) is 4. The first kappa shape index (κ1) is 27.3. The van der Waals surface area contributed by atoms with E-state index >= 15 is 0 Å². The second-order valence-corrected chi connectivity index (χ2v) is 10.4. The van der Waals surface area contributed by atoms with Crippen molar-refractivity contribution < 1.29 is 19.7 Å². The largest absolute Gasteiger partial charge is 0.507 e. The van der Waals surface area contributed by atoms with E-state index in [1.807, 2.05) is 64.6 Å². The Morgan fingerprint density at radius 1 is 0.650 bits per heavy atom. The van der Waals surface area contributed by atoms with Crippen LogP contribution in [0.25, 0.3) is 44.8 Å². The van der Waals surface area contributed by atoms with Gasteiger partial charge in [0.1, 0.15) is 34.6 Å². The van der Waals surface area contributed by atoms with Crippen LogP contribution in [0.1, 0.15) is 12.8 Å². The van der Waals surface area contributed by atoms with Crippen molar-refractivity contribution in [1.82, 2.24) is 29.7 Å². The lowest BCUT2D eigenvalue weighted by Crippen LogP contribution is -2.15. The van der Waals surface area contributed by atoms with E-state index in [9.17, 15) is 10.2 Å². The summed E-state index contributed by atoms with van der Waals surface area (Å²) in [6, 6.07) is 14.3. The van der Waals surface area contributed by atoms with Gasteiger partial charge in [-0.25, -0.2) is 9.97 Å². The SMILES string of the molecule is CN(C)CCCOc1ccc2nc(-c3cc(O)c(-c4nc5ccc(OCCCN(C)C)cc5[nH]4)cc3O)[nH]c2c1. The third-order valence-electron chi connectivity index (χ3n) is 6.57. The van der Waals surface area contributed by atoms with Crippen LogP contribution in [0, 0.1) is 0 Å². The van der Waals surface area contributed by atoms with Crippen molar-refractivity contribution in [2.24, 2.45) is 0 Å². The molecule has 0 fully saturated rings. The summed E-state index contributed by atoms with van der Waals surface area (Å²) in [6.45, 7) is 3.15. The molecule has 0 bridgehead atoms. The van der Waals surface area contributed by atoms with Gasteiger partial charge in [0.25, 0.3) is 0 Å². The van der Waals surface area contributed by atoms with Crippen LogP contribution in [0.5, 0.6) is 23.0 Å². The molecule has 0 amide bonds. The Balaban J connectivity index is 1.34. The first-order valence-electron chi connectivity index (χ1n) is 13.4. The lowest BCUT2D eigenvalue weighted by molar-refractivity contribution is 0.282. The smallest absolute Gasteiger partial charge is 0.142 e. The molecule has 0 atom stereocenters. The number of fused-ring (bicyclic) bond motifs is 2. The molecule has 0 spiro atoms. The Bertz CT molecular complexity index is 1490. The Kier molecular flexibility index (Phi) is 8.09. The molecule has 0 aliphatic carbocycles. The molecule has 5 rings (SSSR count). The molecule has 0 aliphatic heterocycles. The van der Waals surface area contributed by atoms with Gasteiger partial charge in [0.15, 0.2) is 0 Å². The molecular formula is C30H36N6O4. The van der Waals surface area contributed by atoms with Gasteiger partial charge in [-0.1, -0.05) is 0 Å². The van der Waals surface area contributed by atoms with Gasteiger partial charge in [0.2, 0.25) is 0 Å². The number of phenols is 2. The maximum atomic E-state index is 10.9. The second-order valence-electron chi connectivity index (χ2n) is 10.4. The van der Waals surface area contributed by atoms with Crippen molar-refractivity contribution in [2.45, 2.75) is 12.8 Å². The van der Waals surface area contributed by atoms with E-state index in [4.69, 9.17) is 9.47 Å². The average Bonchev–Trinajstić information content (AvgIpc) is 3.53. The number of hydrogen-bond donors (Lipinski definition) is 4. The van der Waals surface area contributed by atoms with E-state index in [1.165, 1.54) is 12.1 Å². The molecule has 0 saturated carbocycles. The number of benzene rings is 3. The zero-order chi connectivity index (χ0) is 28.2. The second kappa shape index (κ2) is 11.8. The summed E-state index contributed by atoms with van der Waals surface area (Å²) in [5.74, 6) is 2.32. The van der Waals surface area contributed by atoms with Crippen LogP contribution >= 0.6 is 0 Å². The van der Waals surface area contributed by atoms with Crippen LogP contribution < -0.4 is 9.47 Å². The van der Waals surface area contributed by atoms with Crippen LogP contribution in [0.3, 0.4) is 0 Å². The van der Waals surface area contributed by atoms with E-state index < -0.39 is 0 Å². The minimum Gasteiger partial charge on any atom is -0.507 e. The molecule has 10 nitrogen and oxygen atoms in total. The quantitative estimate of drug-likeness (QED) is 0.130. The minimum atomic E-state index is -0.0302. The third-order valence-corrected chi connectivity index (χ3v) is 6.57. The van der Waals surface area contributed by atoms with Crippen molar-refractivity contribution in [3.63, 3.8) is 0 Å². The van der Waals surface area contributed by atoms with E-state index in [2.05, 4.69) is 29.7 Å². The molecule has 3 aromatic carbocycles. The van der Waals surface area contributed by atoms with Gasteiger partial charge in [0.05, 0.1) is 46.4 Å². The summed E-state index contributed by atoms with van der Waals surface area (Å²) in [6.07, 6.45) is 1.85. The average molecular weight is 545 g/mol. The Hall–Kier alpha value is -4.28. The monoisotopic (exact) mass is 544 g/mol. The Labute approximate surface area is 233 Å². The molecule has 40 heavy (non-hydrogen) atoms. The fraction of sp³-hybridized carbons (Fsp3) is 0.333. The Morgan fingerprint density at radius 2 is 1.07 bits per heavy atom. The summed E-state index contributed by atoms with van der Waals surface area (Å²) < 4.78 is 11.7. The normalized spacial score (nSPS) is 11.8. The number of H-pyrrole nitrogens is 2. The highest BCUT2D eigenvalue weighted by Crippen LogP contribution is 2.39. The highest BCUT2D eigenvalue weighted by atomic mass is 16.5. The number of phenolic OH excluding ortho intramolecular Hbond substituents is 2. The summed E-state index contributed by atoms with van der Waals surface area (Å²) in [7, 11) is 8.15. The number of hydrogen-bond acceptors (Lipinski definition) is 8. The van der Waals surface area contributed by atoms with E-state index in [1.54, 1.807) is 0 Å². The Morgan fingerprint density at radius 3 is 1.48 bits per heavy atom. The minimum absolute atomic E-state index is 0.0302.